The molecule has 2 heterocycles. The molecule has 0 unspecified atom stereocenters. The lowest BCUT2D eigenvalue weighted by Gasteiger charge is -2.12. The second kappa shape index (κ2) is 11.4. The van der Waals surface area contributed by atoms with E-state index in [1.54, 1.807) is 47.0 Å². The normalized spacial score (nSPS) is 11.5. The molecule has 11 heteroatoms. The van der Waals surface area contributed by atoms with Crippen molar-refractivity contribution in [3.05, 3.63) is 102 Å². The summed E-state index contributed by atoms with van der Waals surface area (Å²) in [6, 6.07) is 20.3. The lowest BCUT2D eigenvalue weighted by Crippen LogP contribution is -2.39. The van der Waals surface area contributed by atoms with Crippen LogP contribution < -0.4 is 14.6 Å². The third-order valence-corrected chi connectivity index (χ3v) is 7.34. The van der Waals surface area contributed by atoms with Crippen LogP contribution >= 0.6 is 11.6 Å². The minimum absolute atomic E-state index is 0.0315. The molecule has 0 saturated heterocycles. The van der Waals surface area contributed by atoms with Crippen LogP contribution in [-0.4, -0.2) is 35.5 Å². The number of nitrogens with one attached hydrogen (secondary N) is 1. The van der Waals surface area contributed by atoms with Crippen molar-refractivity contribution < 1.29 is 27.2 Å². The zero-order valence-electron chi connectivity index (χ0n) is 21.4. The van der Waals surface area contributed by atoms with Gasteiger partial charge in [0.1, 0.15) is 36.1 Å². The minimum Gasteiger partial charge on any atom is -0.503 e. The van der Waals surface area contributed by atoms with Crippen LogP contribution in [0.15, 0.2) is 85.3 Å². The Morgan fingerprint density at radius 1 is 1.05 bits per heavy atom. The smallest absolute Gasteiger partial charge is 0.212 e. The van der Waals surface area contributed by atoms with Crippen molar-refractivity contribution in [3.8, 4) is 22.8 Å². The van der Waals surface area contributed by atoms with E-state index in [1.807, 2.05) is 18.2 Å². The van der Waals surface area contributed by atoms with Gasteiger partial charge in [-0.05, 0) is 60.2 Å². The summed E-state index contributed by atoms with van der Waals surface area (Å²) in [6.07, 6.45) is 4.14. The Morgan fingerprint density at radius 2 is 1.90 bits per heavy atom. The van der Waals surface area contributed by atoms with Crippen LogP contribution in [0.25, 0.3) is 22.2 Å². The average molecular weight is 580 g/mol. The fourth-order valence-corrected chi connectivity index (χ4v) is 4.94. The number of aromatic hydroxyl groups is 1. The number of pyridine rings is 1. The number of aryl methyl sites for hydroxylation is 1. The largest absolute Gasteiger partial charge is 0.503 e. The third-order valence-electron chi connectivity index (χ3n) is 6.12. The van der Waals surface area contributed by atoms with Gasteiger partial charge < -0.3 is 15.2 Å². The first-order chi connectivity index (χ1) is 19.1. The first-order valence-corrected chi connectivity index (χ1v) is 14.7. The SMILES string of the molecule is CS(=O)(=O)CC[n+]1cc(O)ccc1-c1ccc2ncnc(Nc3ccc(OCc4cccc(F)c4)c(Cl)c3)c2c1. The Kier molecular flexibility index (Phi) is 7.81. The van der Waals surface area contributed by atoms with Crippen LogP contribution in [0.2, 0.25) is 5.02 Å². The van der Waals surface area contributed by atoms with Crippen molar-refractivity contribution in [3.63, 3.8) is 0 Å². The Balaban J connectivity index is 1.41. The lowest BCUT2D eigenvalue weighted by molar-refractivity contribution is -0.682. The predicted molar refractivity (Wildman–Crippen MR) is 152 cm³/mol. The first-order valence-electron chi connectivity index (χ1n) is 12.2. The van der Waals surface area contributed by atoms with Gasteiger partial charge in [0.2, 0.25) is 11.9 Å². The molecule has 0 atom stereocenters. The highest BCUT2D eigenvalue weighted by atomic mass is 35.5. The molecule has 0 spiro atoms. The molecule has 5 aromatic rings. The lowest BCUT2D eigenvalue weighted by atomic mass is 10.1. The molecule has 2 aromatic heterocycles. The molecule has 0 aliphatic rings. The number of hydrogen-bond acceptors (Lipinski definition) is 7. The van der Waals surface area contributed by atoms with E-state index in [0.717, 1.165) is 16.6 Å². The van der Waals surface area contributed by atoms with E-state index in [-0.39, 0.29) is 30.5 Å². The molecule has 5 rings (SSSR count). The zero-order valence-corrected chi connectivity index (χ0v) is 23.0. The number of hydrogen-bond donors (Lipinski definition) is 2. The maximum absolute atomic E-state index is 13.4. The number of aromatic nitrogens is 3. The predicted octanol–water partition coefficient (Wildman–Crippen LogP) is 5.45. The van der Waals surface area contributed by atoms with Crippen LogP contribution in [0.1, 0.15) is 5.56 Å². The Labute approximate surface area is 235 Å². The number of benzene rings is 3. The van der Waals surface area contributed by atoms with Gasteiger partial charge in [0, 0.05) is 29.0 Å². The fourth-order valence-electron chi connectivity index (χ4n) is 4.18. The number of fused-ring (bicyclic) bond motifs is 1. The molecular weight excluding hydrogens is 555 g/mol. The van der Waals surface area contributed by atoms with Gasteiger partial charge in [0.15, 0.2) is 22.1 Å². The Morgan fingerprint density at radius 3 is 2.67 bits per heavy atom. The molecule has 0 aliphatic carbocycles. The summed E-state index contributed by atoms with van der Waals surface area (Å²) in [5, 5.41) is 14.4. The molecule has 0 bridgehead atoms. The number of anilines is 2. The number of halogens is 2. The highest BCUT2D eigenvalue weighted by Crippen LogP contribution is 2.32. The van der Waals surface area contributed by atoms with Gasteiger partial charge in [-0.15, -0.1) is 0 Å². The maximum atomic E-state index is 13.4. The molecular formula is C29H25ClFN4O4S+. The van der Waals surface area contributed by atoms with Gasteiger partial charge in [0.25, 0.3) is 0 Å². The highest BCUT2D eigenvalue weighted by molar-refractivity contribution is 7.90. The van der Waals surface area contributed by atoms with E-state index < -0.39 is 9.84 Å². The van der Waals surface area contributed by atoms with E-state index in [9.17, 15) is 17.9 Å². The number of ether oxygens (including phenoxy) is 1. The molecule has 0 amide bonds. The monoisotopic (exact) mass is 579 g/mol. The van der Waals surface area contributed by atoms with Crippen LogP contribution in [0, 0.1) is 5.82 Å². The van der Waals surface area contributed by atoms with Crippen LogP contribution in [0.3, 0.4) is 0 Å². The van der Waals surface area contributed by atoms with E-state index in [4.69, 9.17) is 16.3 Å². The van der Waals surface area contributed by atoms with Gasteiger partial charge in [-0.2, -0.15) is 4.57 Å². The van der Waals surface area contributed by atoms with Crippen molar-refractivity contribution >= 4 is 43.8 Å². The molecule has 0 radical (unpaired) electrons. The maximum Gasteiger partial charge on any atom is 0.212 e. The van der Waals surface area contributed by atoms with E-state index >= 15 is 0 Å². The second-order valence-corrected chi connectivity index (χ2v) is 11.9. The molecule has 0 aliphatic heterocycles. The standard InChI is InChI=1S/C29H24ClFN4O4S/c1-40(37,38)12-11-35-16-23(36)7-9-27(35)20-5-8-26-24(14-20)29(33-18-32-26)34-22-6-10-28(25(30)15-22)39-17-19-3-2-4-21(31)13-19/h2-10,13-16,18,36H,11-12,17H2,1H3/p+1. The quantitative estimate of drug-likeness (QED) is 0.224. The summed E-state index contributed by atoms with van der Waals surface area (Å²) in [4.78, 5) is 8.78. The van der Waals surface area contributed by atoms with Crippen LogP contribution in [0.5, 0.6) is 11.5 Å². The zero-order chi connectivity index (χ0) is 28.3. The average Bonchev–Trinajstić information content (AvgIpc) is 2.91. The Hall–Kier alpha value is -4.28. The van der Waals surface area contributed by atoms with Crippen LogP contribution in [-0.2, 0) is 23.0 Å². The second-order valence-electron chi connectivity index (χ2n) is 9.24. The van der Waals surface area contributed by atoms with Crippen molar-refractivity contribution in [2.24, 2.45) is 0 Å². The number of rotatable bonds is 9. The van der Waals surface area contributed by atoms with Crippen molar-refractivity contribution in [1.29, 1.82) is 0 Å². The summed E-state index contributed by atoms with van der Waals surface area (Å²) in [6.45, 7) is 0.355. The fraction of sp³-hybridized carbons (Fsp3) is 0.138. The molecule has 3 aromatic carbocycles. The molecule has 204 valence electrons. The molecule has 0 fully saturated rings. The van der Waals surface area contributed by atoms with Gasteiger partial charge in [-0.3, -0.25) is 0 Å². The minimum atomic E-state index is -3.20. The van der Waals surface area contributed by atoms with Gasteiger partial charge >= 0.3 is 0 Å². The molecule has 0 saturated carbocycles. The van der Waals surface area contributed by atoms with E-state index in [2.05, 4.69) is 15.3 Å². The molecule has 2 N–H and O–H groups in total. The Bertz CT molecular complexity index is 1820. The third kappa shape index (κ3) is 6.64. The van der Waals surface area contributed by atoms with E-state index in [1.165, 1.54) is 30.9 Å². The van der Waals surface area contributed by atoms with Gasteiger partial charge in [0.05, 0.1) is 10.5 Å². The summed E-state index contributed by atoms with van der Waals surface area (Å²) >= 11 is 6.47. The first kappa shape index (κ1) is 27.3. The van der Waals surface area contributed by atoms with Gasteiger partial charge in [-0.25, -0.2) is 22.8 Å². The topological polar surface area (TPSA) is 105 Å². The van der Waals surface area contributed by atoms with Crippen molar-refractivity contribution in [2.45, 2.75) is 13.2 Å². The van der Waals surface area contributed by atoms with Gasteiger partial charge in [-0.1, -0.05) is 23.7 Å². The number of sulfone groups is 1. The van der Waals surface area contributed by atoms with Crippen molar-refractivity contribution in [2.75, 3.05) is 17.3 Å². The summed E-state index contributed by atoms with van der Waals surface area (Å²) in [5.41, 5.74) is 3.57. The van der Waals surface area contributed by atoms with Crippen molar-refractivity contribution in [1.82, 2.24) is 9.97 Å². The van der Waals surface area contributed by atoms with Crippen LogP contribution in [0.4, 0.5) is 15.9 Å². The molecule has 40 heavy (non-hydrogen) atoms. The number of nitrogens with zero attached hydrogens (tertiary/aromatic N) is 3. The summed E-state index contributed by atoms with van der Waals surface area (Å²) < 4.78 is 44.4. The highest BCUT2D eigenvalue weighted by Gasteiger charge is 2.18. The summed E-state index contributed by atoms with van der Waals surface area (Å²) in [5.74, 6) is 0.625. The van der Waals surface area contributed by atoms with E-state index in [0.29, 0.717) is 33.4 Å². The summed E-state index contributed by atoms with van der Waals surface area (Å²) in [7, 11) is -3.20. The molecule has 8 nitrogen and oxygen atoms in total.